The molecule has 5 heteroatoms. The van der Waals surface area contributed by atoms with Crippen LogP contribution in [-0.4, -0.2) is 12.1 Å². The largest absolute Gasteiger partial charge is 0.497 e. The second-order valence-electron chi connectivity index (χ2n) is 4.42. The highest BCUT2D eigenvalue weighted by atomic mass is 19.1. The fourth-order valence-electron chi connectivity index (χ4n) is 2.23. The number of rotatable bonds is 5. The van der Waals surface area contributed by atoms with E-state index < -0.39 is 6.04 Å². The molecule has 1 unspecified atom stereocenters. The fraction of sp³-hybridized carbons (Fsp3) is 0.267. The van der Waals surface area contributed by atoms with Gasteiger partial charge in [0.05, 0.1) is 13.2 Å². The van der Waals surface area contributed by atoms with Gasteiger partial charge in [-0.1, -0.05) is 13.0 Å². The zero-order valence-corrected chi connectivity index (χ0v) is 11.6. The average Bonchev–Trinajstić information content (AvgIpc) is 2.50. The predicted molar refractivity (Wildman–Crippen MR) is 75.7 cm³/mol. The van der Waals surface area contributed by atoms with Crippen molar-refractivity contribution in [3.63, 3.8) is 0 Å². The quantitative estimate of drug-likeness (QED) is 0.649. The summed E-state index contributed by atoms with van der Waals surface area (Å²) in [6, 6.07) is 6.19. The molecule has 20 heavy (non-hydrogen) atoms. The minimum Gasteiger partial charge on any atom is -0.497 e. The minimum atomic E-state index is -0.418. The van der Waals surface area contributed by atoms with Crippen LogP contribution in [0.15, 0.2) is 36.7 Å². The van der Waals surface area contributed by atoms with E-state index in [2.05, 4.69) is 10.4 Å². The second-order valence-corrected chi connectivity index (χ2v) is 4.42. The van der Waals surface area contributed by atoms with Gasteiger partial charge in [0.2, 0.25) is 0 Å². The van der Waals surface area contributed by atoms with Crippen LogP contribution in [0.4, 0.5) is 4.39 Å². The molecule has 2 rings (SSSR count). The van der Waals surface area contributed by atoms with Gasteiger partial charge in [-0.2, -0.15) is 0 Å². The molecule has 106 valence electrons. The summed E-state index contributed by atoms with van der Waals surface area (Å²) >= 11 is 0. The number of methoxy groups -OCH3 is 1. The number of ether oxygens (including phenoxy) is 1. The van der Waals surface area contributed by atoms with Crippen molar-refractivity contribution in [2.75, 3.05) is 7.11 Å². The number of halogens is 1. The van der Waals surface area contributed by atoms with Crippen LogP contribution in [0.25, 0.3) is 0 Å². The molecule has 0 fully saturated rings. The molecule has 1 heterocycles. The highest BCUT2D eigenvalue weighted by Crippen LogP contribution is 2.28. The van der Waals surface area contributed by atoms with Gasteiger partial charge in [0, 0.05) is 24.0 Å². The van der Waals surface area contributed by atoms with Crippen LogP contribution in [0.5, 0.6) is 5.75 Å². The van der Waals surface area contributed by atoms with Crippen molar-refractivity contribution in [3.05, 3.63) is 59.2 Å². The van der Waals surface area contributed by atoms with Crippen molar-refractivity contribution in [1.82, 2.24) is 10.4 Å². The van der Waals surface area contributed by atoms with Crippen molar-refractivity contribution >= 4 is 0 Å². The lowest BCUT2D eigenvalue weighted by molar-refractivity contribution is 0.410. The number of hydrogen-bond acceptors (Lipinski definition) is 4. The monoisotopic (exact) mass is 275 g/mol. The first-order chi connectivity index (χ1) is 9.71. The van der Waals surface area contributed by atoms with Crippen LogP contribution in [0.2, 0.25) is 0 Å². The van der Waals surface area contributed by atoms with Gasteiger partial charge in [-0.15, -0.1) is 0 Å². The molecule has 0 bridgehead atoms. The van der Waals surface area contributed by atoms with Gasteiger partial charge in [0.1, 0.15) is 11.6 Å². The highest BCUT2D eigenvalue weighted by molar-refractivity contribution is 5.39. The maximum absolute atomic E-state index is 14.2. The molecule has 4 nitrogen and oxygen atoms in total. The Balaban J connectivity index is 2.47. The Morgan fingerprint density at radius 2 is 2.15 bits per heavy atom. The summed E-state index contributed by atoms with van der Waals surface area (Å²) in [7, 11) is 1.51. The summed E-state index contributed by atoms with van der Waals surface area (Å²) in [5.74, 6) is 5.76. The molecular formula is C15H18FN3O. The van der Waals surface area contributed by atoms with Crippen molar-refractivity contribution in [2.45, 2.75) is 19.4 Å². The lowest BCUT2D eigenvalue weighted by Gasteiger charge is -2.20. The van der Waals surface area contributed by atoms with Crippen LogP contribution in [0, 0.1) is 5.82 Å². The molecule has 0 amide bonds. The van der Waals surface area contributed by atoms with E-state index in [9.17, 15) is 4.39 Å². The van der Waals surface area contributed by atoms with Crippen molar-refractivity contribution < 1.29 is 9.13 Å². The first-order valence-electron chi connectivity index (χ1n) is 6.43. The molecule has 1 aromatic carbocycles. The fourth-order valence-corrected chi connectivity index (χ4v) is 2.23. The molecule has 0 spiro atoms. The molecule has 2 aromatic rings. The van der Waals surface area contributed by atoms with E-state index in [0.717, 1.165) is 17.5 Å². The third-order valence-corrected chi connectivity index (χ3v) is 3.32. The molecule has 0 radical (unpaired) electrons. The van der Waals surface area contributed by atoms with E-state index in [-0.39, 0.29) is 5.82 Å². The summed E-state index contributed by atoms with van der Waals surface area (Å²) < 4.78 is 19.2. The second kappa shape index (κ2) is 6.45. The van der Waals surface area contributed by atoms with Gasteiger partial charge in [-0.3, -0.25) is 10.8 Å². The number of benzene rings is 1. The number of aromatic nitrogens is 1. The van der Waals surface area contributed by atoms with Gasteiger partial charge in [-0.05, 0) is 29.7 Å². The normalized spacial score (nSPS) is 12.2. The maximum atomic E-state index is 14.2. The van der Waals surface area contributed by atoms with Crippen molar-refractivity contribution in [1.29, 1.82) is 0 Å². The summed E-state index contributed by atoms with van der Waals surface area (Å²) in [6.45, 7) is 2.03. The van der Waals surface area contributed by atoms with Gasteiger partial charge < -0.3 is 4.74 Å². The molecule has 3 N–H and O–H groups in total. The van der Waals surface area contributed by atoms with Gasteiger partial charge in [-0.25, -0.2) is 9.82 Å². The molecule has 0 saturated heterocycles. The summed E-state index contributed by atoms with van der Waals surface area (Å²) in [5.41, 5.74) is 5.12. The lowest BCUT2D eigenvalue weighted by Crippen LogP contribution is -2.30. The van der Waals surface area contributed by atoms with Gasteiger partial charge in [0.15, 0.2) is 0 Å². The molecule has 0 aliphatic heterocycles. The van der Waals surface area contributed by atoms with E-state index in [0.29, 0.717) is 11.3 Å². The maximum Gasteiger partial charge on any atom is 0.132 e. The molecule has 1 atom stereocenters. The number of pyridine rings is 1. The Hall–Kier alpha value is -1.98. The molecule has 0 aliphatic rings. The molecular weight excluding hydrogens is 257 g/mol. The summed E-state index contributed by atoms with van der Waals surface area (Å²) in [4.78, 5) is 4.09. The third kappa shape index (κ3) is 2.79. The highest BCUT2D eigenvalue weighted by Gasteiger charge is 2.19. The smallest absolute Gasteiger partial charge is 0.132 e. The van der Waals surface area contributed by atoms with Crippen molar-refractivity contribution in [2.24, 2.45) is 5.84 Å². The standard InChI is InChI=1S/C15H18FN3O/c1-3-10-9-18-7-6-12(10)15(19-17)13-5-4-11(20-2)8-14(13)16/h4-9,15,19H,3,17H2,1-2H3. The Morgan fingerprint density at radius 3 is 2.75 bits per heavy atom. The van der Waals surface area contributed by atoms with Crippen LogP contribution in [0.1, 0.15) is 29.7 Å². The lowest BCUT2D eigenvalue weighted by atomic mass is 9.95. The third-order valence-electron chi connectivity index (χ3n) is 3.32. The number of hydrogen-bond donors (Lipinski definition) is 2. The SMILES string of the molecule is CCc1cnccc1C(NN)c1ccc(OC)cc1F. The summed E-state index contributed by atoms with van der Waals surface area (Å²) in [5, 5.41) is 0. The Labute approximate surface area is 117 Å². The van der Waals surface area contributed by atoms with E-state index in [4.69, 9.17) is 10.6 Å². The number of nitrogens with zero attached hydrogens (tertiary/aromatic N) is 1. The predicted octanol–water partition coefficient (Wildman–Crippen LogP) is 2.34. The first-order valence-corrected chi connectivity index (χ1v) is 6.43. The van der Waals surface area contributed by atoms with Crippen LogP contribution in [0.3, 0.4) is 0 Å². The van der Waals surface area contributed by atoms with E-state index >= 15 is 0 Å². The number of hydrazine groups is 1. The van der Waals surface area contributed by atoms with Crippen LogP contribution < -0.4 is 16.0 Å². The Kier molecular flexibility index (Phi) is 4.65. The van der Waals surface area contributed by atoms with E-state index in [1.807, 2.05) is 13.0 Å². The van der Waals surface area contributed by atoms with Gasteiger partial charge in [0.25, 0.3) is 0 Å². The van der Waals surface area contributed by atoms with Crippen molar-refractivity contribution in [3.8, 4) is 5.75 Å². The topological polar surface area (TPSA) is 60.2 Å². The zero-order valence-electron chi connectivity index (χ0n) is 11.6. The first kappa shape index (κ1) is 14.4. The number of nitrogens with two attached hydrogens (primary N) is 1. The Morgan fingerprint density at radius 1 is 1.35 bits per heavy atom. The number of aryl methyl sites for hydroxylation is 1. The summed E-state index contributed by atoms with van der Waals surface area (Å²) in [6.07, 6.45) is 4.26. The average molecular weight is 275 g/mol. The van der Waals surface area contributed by atoms with Crippen LogP contribution >= 0.6 is 0 Å². The van der Waals surface area contributed by atoms with E-state index in [1.165, 1.54) is 13.2 Å². The van der Waals surface area contributed by atoms with E-state index in [1.54, 1.807) is 24.5 Å². The Bertz CT molecular complexity index is 589. The molecule has 0 saturated carbocycles. The van der Waals surface area contributed by atoms with Crippen LogP contribution in [-0.2, 0) is 6.42 Å². The zero-order chi connectivity index (χ0) is 14.5. The minimum absolute atomic E-state index is 0.355. The molecule has 1 aromatic heterocycles. The molecule has 0 aliphatic carbocycles. The number of nitrogens with one attached hydrogen (secondary N) is 1. The van der Waals surface area contributed by atoms with Gasteiger partial charge >= 0.3 is 0 Å².